The van der Waals surface area contributed by atoms with Crippen LogP contribution < -0.4 is 5.73 Å². The molecule has 1 aliphatic carbocycles. The van der Waals surface area contributed by atoms with Gasteiger partial charge in [-0.2, -0.15) is 0 Å². The van der Waals surface area contributed by atoms with Crippen molar-refractivity contribution < 1.29 is 8.95 Å². The molecule has 0 amide bonds. The van der Waals surface area contributed by atoms with Gasteiger partial charge in [0.05, 0.1) is 11.9 Å². The highest BCUT2D eigenvalue weighted by molar-refractivity contribution is 7.85. The van der Waals surface area contributed by atoms with E-state index < -0.39 is 10.8 Å². The first-order valence-electron chi connectivity index (χ1n) is 6.52. The summed E-state index contributed by atoms with van der Waals surface area (Å²) in [6.07, 6.45) is 8.16. The lowest BCUT2D eigenvalue weighted by Gasteiger charge is -2.22. The second-order valence-corrected chi connectivity index (χ2v) is 6.72. The van der Waals surface area contributed by atoms with Crippen LogP contribution in [0.1, 0.15) is 44.9 Å². The maximum atomic E-state index is 12.3. The zero-order valence-corrected chi connectivity index (χ0v) is 10.7. The molecule has 0 spiro atoms. The minimum Gasteiger partial charge on any atom is -0.377 e. The summed E-state index contributed by atoms with van der Waals surface area (Å²) in [5.41, 5.74) is 6.12. The number of nitrogens with two attached hydrogens (primary N) is 1. The monoisotopic (exact) mass is 245 g/mol. The lowest BCUT2D eigenvalue weighted by atomic mass is 10.1. The van der Waals surface area contributed by atoms with Crippen LogP contribution in [-0.2, 0) is 15.5 Å². The van der Waals surface area contributed by atoms with Gasteiger partial charge in [0.2, 0.25) is 0 Å². The summed E-state index contributed by atoms with van der Waals surface area (Å²) in [6.45, 7) is 0.846. The number of rotatable bonds is 3. The fourth-order valence-corrected chi connectivity index (χ4v) is 4.54. The van der Waals surface area contributed by atoms with Crippen molar-refractivity contribution in [2.24, 2.45) is 5.73 Å². The molecule has 0 bridgehead atoms. The zero-order chi connectivity index (χ0) is 11.4. The third-order valence-electron chi connectivity index (χ3n) is 3.72. The molecular formula is C12H23NO2S. The van der Waals surface area contributed by atoms with Gasteiger partial charge >= 0.3 is 0 Å². The lowest BCUT2D eigenvalue weighted by molar-refractivity contribution is 0.128. The third kappa shape index (κ3) is 3.28. The molecule has 0 aromatic heterocycles. The van der Waals surface area contributed by atoms with Gasteiger partial charge in [-0.3, -0.25) is 4.21 Å². The molecule has 4 unspecified atom stereocenters. The predicted molar refractivity (Wildman–Crippen MR) is 66.8 cm³/mol. The van der Waals surface area contributed by atoms with E-state index in [2.05, 4.69) is 0 Å². The normalized spacial score (nSPS) is 38.2. The fraction of sp³-hybridized carbons (Fsp3) is 1.00. The molecular weight excluding hydrogens is 222 g/mol. The van der Waals surface area contributed by atoms with Gasteiger partial charge in [-0.1, -0.05) is 19.3 Å². The second kappa shape index (κ2) is 6.12. The Labute approximate surface area is 101 Å². The molecule has 4 heteroatoms. The van der Waals surface area contributed by atoms with Crippen molar-refractivity contribution in [3.63, 3.8) is 0 Å². The van der Waals surface area contributed by atoms with Gasteiger partial charge in [0, 0.05) is 28.7 Å². The summed E-state index contributed by atoms with van der Waals surface area (Å²) < 4.78 is 17.8. The maximum absolute atomic E-state index is 12.3. The number of hydrogen-bond donors (Lipinski definition) is 1. The van der Waals surface area contributed by atoms with Crippen LogP contribution in [0.4, 0.5) is 0 Å². The van der Waals surface area contributed by atoms with Crippen molar-refractivity contribution >= 4 is 10.8 Å². The summed E-state index contributed by atoms with van der Waals surface area (Å²) >= 11 is 0. The first-order valence-corrected chi connectivity index (χ1v) is 7.90. The van der Waals surface area contributed by atoms with E-state index in [-0.39, 0.29) is 17.4 Å². The molecule has 0 aromatic rings. The van der Waals surface area contributed by atoms with Crippen molar-refractivity contribution in [1.82, 2.24) is 0 Å². The van der Waals surface area contributed by atoms with Gasteiger partial charge in [-0.15, -0.1) is 0 Å². The molecule has 4 atom stereocenters. The topological polar surface area (TPSA) is 52.3 Å². The highest BCUT2D eigenvalue weighted by Gasteiger charge is 2.28. The lowest BCUT2D eigenvalue weighted by Crippen LogP contribution is -2.39. The van der Waals surface area contributed by atoms with E-state index in [0.29, 0.717) is 5.75 Å². The molecule has 1 saturated carbocycles. The van der Waals surface area contributed by atoms with E-state index in [1.807, 2.05) is 0 Å². The van der Waals surface area contributed by atoms with Crippen molar-refractivity contribution in [3.8, 4) is 0 Å². The zero-order valence-electron chi connectivity index (χ0n) is 9.90. The molecule has 16 heavy (non-hydrogen) atoms. The number of hydrogen-bond acceptors (Lipinski definition) is 3. The molecule has 0 aromatic carbocycles. The summed E-state index contributed by atoms with van der Waals surface area (Å²) in [5, 5.41) is 0.215. The van der Waals surface area contributed by atoms with Gasteiger partial charge in [0.25, 0.3) is 0 Å². The molecule has 94 valence electrons. The largest absolute Gasteiger partial charge is 0.377 e. The van der Waals surface area contributed by atoms with Crippen molar-refractivity contribution in [3.05, 3.63) is 0 Å². The van der Waals surface area contributed by atoms with Crippen LogP contribution >= 0.6 is 0 Å². The van der Waals surface area contributed by atoms with E-state index in [9.17, 15) is 4.21 Å². The Hall–Kier alpha value is 0.0700. The van der Waals surface area contributed by atoms with Gasteiger partial charge in [-0.25, -0.2) is 0 Å². The third-order valence-corrected chi connectivity index (χ3v) is 5.68. The summed E-state index contributed by atoms with van der Waals surface area (Å²) in [4.78, 5) is 0. The summed E-state index contributed by atoms with van der Waals surface area (Å²) in [5.74, 6) is 0.707. The Bertz CT molecular complexity index is 241. The maximum Gasteiger partial charge on any atom is 0.0691 e. The van der Waals surface area contributed by atoms with Crippen LogP contribution in [0.3, 0.4) is 0 Å². The quantitative estimate of drug-likeness (QED) is 0.768. The van der Waals surface area contributed by atoms with Crippen LogP contribution in [0.25, 0.3) is 0 Å². The molecule has 2 aliphatic rings. The van der Waals surface area contributed by atoms with Crippen molar-refractivity contribution in [2.75, 3.05) is 12.4 Å². The highest BCUT2D eigenvalue weighted by Crippen LogP contribution is 2.23. The fourth-order valence-electron chi connectivity index (χ4n) is 2.71. The van der Waals surface area contributed by atoms with Crippen LogP contribution in [0.5, 0.6) is 0 Å². The minimum absolute atomic E-state index is 0.143. The molecule has 1 saturated heterocycles. The standard InChI is InChI=1S/C12H23NO2S/c13-11-6-2-1-3-7-12(11)16(14)9-10-5-4-8-15-10/h10-12H,1-9,13H2. The molecule has 2 fully saturated rings. The smallest absolute Gasteiger partial charge is 0.0691 e. The van der Waals surface area contributed by atoms with E-state index >= 15 is 0 Å². The predicted octanol–water partition coefficient (Wildman–Crippen LogP) is 1.57. The molecule has 3 nitrogen and oxygen atoms in total. The van der Waals surface area contributed by atoms with E-state index in [0.717, 1.165) is 32.3 Å². The van der Waals surface area contributed by atoms with Crippen LogP contribution in [0.2, 0.25) is 0 Å². The molecule has 2 N–H and O–H groups in total. The summed E-state index contributed by atoms with van der Waals surface area (Å²) in [7, 11) is -0.787. The Kier molecular flexibility index (Phi) is 4.79. The molecule has 1 aliphatic heterocycles. The van der Waals surface area contributed by atoms with Gasteiger partial charge in [-0.05, 0) is 25.7 Å². The molecule has 1 heterocycles. The van der Waals surface area contributed by atoms with E-state index in [1.54, 1.807) is 0 Å². The average Bonchev–Trinajstić information content (AvgIpc) is 2.66. The molecule has 2 rings (SSSR count). The van der Waals surface area contributed by atoms with Crippen LogP contribution in [0.15, 0.2) is 0 Å². The van der Waals surface area contributed by atoms with Crippen LogP contribution in [0, 0.1) is 0 Å². The van der Waals surface area contributed by atoms with Crippen molar-refractivity contribution in [1.29, 1.82) is 0 Å². The van der Waals surface area contributed by atoms with Crippen molar-refractivity contribution in [2.45, 2.75) is 62.3 Å². The van der Waals surface area contributed by atoms with Crippen LogP contribution in [-0.4, -0.2) is 34.0 Å². The Morgan fingerprint density at radius 3 is 2.69 bits per heavy atom. The van der Waals surface area contributed by atoms with Gasteiger partial charge < -0.3 is 10.5 Å². The number of ether oxygens (including phenoxy) is 1. The average molecular weight is 245 g/mol. The van der Waals surface area contributed by atoms with E-state index in [4.69, 9.17) is 10.5 Å². The van der Waals surface area contributed by atoms with Gasteiger partial charge in [0.15, 0.2) is 0 Å². The first kappa shape index (κ1) is 12.5. The SMILES string of the molecule is NC1CCCCCC1S(=O)CC1CCCO1. The van der Waals surface area contributed by atoms with E-state index in [1.165, 1.54) is 19.3 Å². The molecule has 0 radical (unpaired) electrons. The Morgan fingerprint density at radius 1 is 1.12 bits per heavy atom. The minimum atomic E-state index is -0.787. The highest BCUT2D eigenvalue weighted by atomic mass is 32.2. The Morgan fingerprint density at radius 2 is 1.94 bits per heavy atom. The second-order valence-electron chi connectivity index (χ2n) is 5.02. The Balaban J connectivity index is 1.85. The summed E-state index contributed by atoms with van der Waals surface area (Å²) in [6, 6.07) is 0.143. The first-order chi connectivity index (χ1) is 7.77. The van der Waals surface area contributed by atoms with Gasteiger partial charge in [0.1, 0.15) is 0 Å².